The molecule has 1 fully saturated rings. The van der Waals surface area contributed by atoms with Gasteiger partial charge in [0, 0.05) is 11.8 Å². The molecule has 1 aliphatic rings. The number of halogens is 4. The SMILES string of the molecule is CCC(NC(=O)CC1(CN)CCCCC1)c1nc(C(F)(F)F)cs1.Cl. The van der Waals surface area contributed by atoms with Crippen LogP contribution in [0.5, 0.6) is 0 Å². The van der Waals surface area contributed by atoms with Gasteiger partial charge >= 0.3 is 6.18 Å². The largest absolute Gasteiger partial charge is 0.434 e. The Hall–Kier alpha value is -0.860. The third-order valence-corrected chi connectivity index (χ3v) is 5.70. The second kappa shape index (κ2) is 9.19. The Morgan fingerprint density at radius 3 is 2.52 bits per heavy atom. The van der Waals surface area contributed by atoms with Gasteiger partial charge in [-0.15, -0.1) is 23.7 Å². The summed E-state index contributed by atoms with van der Waals surface area (Å²) in [6.45, 7) is 2.28. The summed E-state index contributed by atoms with van der Waals surface area (Å²) in [5.74, 6) is -0.155. The lowest BCUT2D eigenvalue weighted by molar-refractivity contribution is -0.140. The van der Waals surface area contributed by atoms with Crippen LogP contribution in [-0.4, -0.2) is 17.4 Å². The maximum absolute atomic E-state index is 12.7. The van der Waals surface area contributed by atoms with Crippen molar-refractivity contribution in [3.05, 3.63) is 16.1 Å². The van der Waals surface area contributed by atoms with Crippen LogP contribution in [0.25, 0.3) is 0 Å². The van der Waals surface area contributed by atoms with Crippen LogP contribution >= 0.6 is 23.7 Å². The van der Waals surface area contributed by atoms with Crippen LogP contribution in [0.1, 0.15) is 68.6 Å². The van der Waals surface area contributed by atoms with Gasteiger partial charge in [-0.25, -0.2) is 4.98 Å². The van der Waals surface area contributed by atoms with E-state index in [-0.39, 0.29) is 23.7 Å². The number of alkyl halides is 3. The maximum atomic E-state index is 12.7. The van der Waals surface area contributed by atoms with Crippen LogP contribution in [-0.2, 0) is 11.0 Å². The normalized spacial score (nSPS) is 18.3. The molecule has 0 bridgehead atoms. The molecule has 144 valence electrons. The first-order valence-corrected chi connectivity index (χ1v) is 9.20. The van der Waals surface area contributed by atoms with E-state index >= 15 is 0 Å². The van der Waals surface area contributed by atoms with Gasteiger partial charge in [0.1, 0.15) is 5.01 Å². The molecule has 9 heteroatoms. The Bertz CT molecular complexity index is 559. The molecule has 1 aromatic rings. The van der Waals surface area contributed by atoms with Gasteiger partial charge in [0.15, 0.2) is 5.69 Å². The van der Waals surface area contributed by atoms with E-state index in [9.17, 15) is 18.0 Å². The van der Waals surface area contributed by atoms with Crippen molar-refractivity contribution in [3.63, 3.8) is 0 Å². The molecule has 1 unspecified atom stereocenters. The average Bonchev–Trinajstić information content (AvgIpc) is 3.03. The number of aromatic nitrogens is 1. The van der Waals surface area contributed by atoms with E-state index in [1.54, 1.807) is 0 Å². The predicted octanol–water partition coefficient (Wildman–Crippen LogP) is 4.45. The summed E-state index contributed by atoms with van der Waals surface area (Å²) in [4.78, 5) is 16.1. The molecule has 0 radical (unpaired) electrons. The molecule has 4 nitrogen and oxygen atoms in total. The first kappa shape index (κ1) is 22.2. The molecule has 0 aromatic carbocycles. The van der Waals surface area contributed by atoms with E-state index < -0.39 is 17.9 Å². The van der Waals surface area contributed by atoms with Crippen LogP contribution in [0, 0.1) is 5.41 Å². The number of hydrogen-bond acceptors (Lipinski definition) is 4. The van der Waals surface area contributed by atoms with Crippen LogP contribution in [0.3, 0.4) is 0 Å². The Balaban J connectivity index is 0.00000312. The molecule has 1 aliphatic carbocycles. The van der Waals surface area contributed by atoms with E-state index in [1.807, 2.05) is 6.92 Å². The molecular weight excluding hydrogens is 375 g/mol. The summed E-state index contributed by atoms with van der Waals surface area (Å²) in [7, 11) is 0. The highest BCUT2D eigenvalue weighted by Gasteiger charge is 2.36. The summed E-state index contributed by atoms with van der Waals surface area (Å²) in [5.41, 5.74) is 4.83. The van der Waals surface area contributed by atoms with Gasteiger partial charge in [-0.1, -0.05) is 26.2 Å². The minimum Gasteiger partial charge on any atom is -0.347 e. The quantitative estimate of drug-likeness (QED) is 0.742. The summed E-state index contributed by atoms with van der Waals surface area (Å²) >= 11 is 0.931. The Morgan fingerprint density at radius 2 is 2.04 bits per heavy atom. The number of hydrogen-bond donors (Lipinski definition) is 2. The highest BCUT2D eigenvalue weighted by atomic mass is 35.5. The van der Waals surface area contributed by atoms with Gasteiger partial charge in [-0.2, -0.15) is 13.2 Å². The van der Waals surface area contributed by atoms with Crippen molar-refractivity contribution in [1.29, 1.82) is 0 Å². The van der Waals surface area contributed by atoms with Gasteiger partial charge < -0.3 is 11.1 Å². The molecule has 1 amide bonds. The fourth-order valence-electron chi connectivity index (χ4n) is 3.26. The zero-order chi connectivity index (χ0) is 17.8. The number of amides is 1. The molecule has 0 spiro atoms. The van der Waals surface area contributed by atoms with Crippen LogP contribution < -0.4 is 11.1 Å². The van der Waals surface area contributed by atoms with Crippen molar-refractivity contribution in [2.75, 3.05) is 6.54 Å². The molecule has 1 atom stereocenters. The van der Waals surface area contributed by atoms with Gasteiger partial charge in [-0.3, -0.25) is 4.79 Å². The van der Waals surface area contributed by atoms with Crippen molar-refractivity contribution < 1.29 is 18.0 Å². The third kappa shape index (κ3) is 5.82. The molecule has 0 saturated heterocycles. The predicted molar refractivity (Wildman–Crippen MR) is 94.7 cm³/mol. The first-order chi connectivity index (χ1) is 11.3. The first-order valence-electron chi connectivity index (χ1n) is 8.32. The highest BCUT2D eigenvalue weighted by Crippen LogP contribution is 2.38. The number of carbonyl (C=O) groups excluding carboxylic acids is 1. The van der Waals surface area contributed by atoms with E-state index in [4.69, 9.17) is 5.73 Å². The minimum absolute atomic E-state index is 0. The van der Waals surface area contributed by atoms with Crippen molar-refractivity contribution in [2.24, 2.45) is 11.1 Å². The van der Waals surface area contributed by atoms with Gasteiger partial charge in [-0.05, 0) is 31.2 Å². The Kier molecular flexibility index (Phi) is 8.15. The van der Waals surface area contributed by atoms with E-state index in [0.29, 0.717) is 24.4 Å². The monoisotopic (exact) mass is 399 g/mol. The Labute approximate surface area is 156 Å². The van der Waals surface area contributed by atoms with Crippen molar-refractivity contribution in [1.82, 2.24) is 10.3 Å². The number of nitrogens with two attached hydrogens (primary N) is 1. The second-order valence-corrected chi connectivity index (χ2v) is 7.43. The molecule has 1 aromatic heterocycles. The van der Waals surface area contributed by atoms with E-state index in [2.05, 4.69) is 10.3 Å². The number of nitrogens with zero attached hydrogens (tertiary/aromatic N) is 1. The van der Waals surface area contributed by atoms with Crippen LogP contribution in [0.15, 0.2) is 5.38 Å². The standard InChI is InChI=1S/C16H24F3N3OS.ClH/c1-2-11(14-22-12(9-24-14)16(17,18)19)21-13(23)8-15(10-20)6-4-3-5-7-15;/h9,11H,2-8,10,20H2,1H3,(H,21,23);1H. The number of rotatable bonds is 6. The minimum atomic E-state index is -4.46. The van der Waals surface area contributed by atoms with Gasteiger partial charge in [0.25, 0.3) is 0 Å². The fraction of sp³-hybridized carbons (Fsp3) is 0.750. The smallest absolute Gasteiger partial charge is 0.347 e. The lowest BCUT2D eigenvalue weighted by Crippen LogP contribution is -2.39. The summed E-state index contributed by atoms with van der Waals surface area (Å²) < 4.78 is 38.0. The topological polar surface area (TPSA) is 68.0 Å². The zero-order valence-corrected chi connectivity index (χ0v) is 15.8. The molecular formula is C16H25ClF3N3OS. The average molecular weight is 400 g/mol. The van der Waals surface area contributed by atoms with E-state index in [1.165, 1.54) is 6.42 Å². The molecule has 1 heterocycles. The second-order valence-electron chi connectivity index (χ2n) is 6.54. The lowest BCUT2D eigenvalue weighted by Gasteiger charge is -2.36. The fourth-order valence-corrected chi connectivity index (χ4v) is 4.22. The summed E-state index contributed by atoms with van der Waals surface area (Å²) in [6, 6.07) is -0.489. The van der Waals surface area contributed by atoms with Crippen molar-refractivity contribution in [2.45, 2.75) is 64.1 Å². The Morgan fingerprint density at radius 1 is 1.40 bits per heavy atom. The lowest BCUT2D eigenvalue weighted by atomic mass is 9.71. The highest BCUT2D eigenvalue weighted by molar-refractivity contribution is 7.09. The molecule has 3 N–H and O–H groups in total. The summed E-state index contributed by atoms with van der Waals surface area (Å²) in [6.07, 6.45) is 1.55. The number of nitrogens with one attached hydrogen (secondary N) is 1. The molecule has 0 aliphatic heterocycles. The van der Waals surface area contributed by atoms with Crippen LogP contribution in [0.4, 0.5) is 13.2 Å². The summed E-state index contributed by atoms with van der Waals surface area (Å²) in [5, 5.41) is 4.13. The van der Waals surface area contributed by atoms with Gasteiger partial charge in [0.05, 0.1) is 6.04 Å². The van der Waals surface area contributed by atoms with E-state index in [0.717, 1.165) is 42.4 Å². The molecule has 2 rings (SSSR count). The van der Waals surface area contributed by atoms with Crippen LogP contribution in [0.2, 0.25) is 0 Å². The van der Waals surface area contributed by atoms with Gasteiger partial charge in [0.2, 0.25) is 5.91 Å². The molecule has 25 heavy (non-hydrogen) atoms. The number of carbonyl (C=O) groups is 1. The van der Waals surface area contributed by atoms with Crippen molar-refractivity contribution >= 4 is 29.7 Å². The molecule has 1 saturated carbocycles. The third-order valence-electron chi connectivity index (χ3n) is 4.74. The van der Waals surface area contributed by atoms with Crippen molar-refractivity contribution in [3.8, 4) is 0 Å². The zero-order valence-electron chi connectivity index (χ0n) is 14.2. The number of thiazole rings is 1. The maximum Gasteiger partial charge on any atom is 0.434 e.